The molecule has 1 aliphatic carbocycles. The van der Waals surface area contributed by atoms with Crippen molar-refractivity contribution < 1.29 is 0 Å². The van der Waals surface area contributed by atoms with Gasteiger partial charge in [0.25, 0.3) is 0 Å². The van der Waals surface area contributed by atoms with Crippen LogP contribution in [0.1, 0.15) is 59.8 Å². The molecule has 0 aromatic carbocycles. The van der Waals surface area contributed by atoms with Crippen molar-refractivity contribution in [2.24, 2.45) is 29.6 Å². The van der Waals surface area contributed by atoms with Crippen molar-refractivity contribution in [1.82, 2.24) is 5.32 Å². The summed E-state index contributed by atoms with van der Waals surface area (Å²) in [6, 6.07) is 0. The molecule has 1 nitrogen and oxygen atoms in total. The predicted octanol–water partition coefficient (Wildman–Crippen LogP) is 4.33. The topological polar surface area (TPSA) is 12.0 Å². The Morgan fingerprint density at radius 3 is 2.41 bits per heavy atom. The molecule has 0 bridgehead atoms. The lowest BCUT2D eigenvalue weighted by molar-refractivity contribution is 0.154. The third-order valence-electron chi connectivity index (χ3n) is 4.45. The molecule has 0 radical (unpaired) electrons. The smallest absolute Gasteiger partial charge is 0.00209 e. The minimum atomic E-state index is 0.855. The molecular formula is C16H33N. The molecule has 1 saturated carbocycles. The molecule has 0 aliphatic heterocycles. The fourth-order valence-electron chi connectivity index (χ4n) is 3.80. The van der Waals surface area contributed by atoms with Crippen LogP contribution in [0.15, 0.2) is 0 Å². The summed E-state index contributed by atoms with van der Waals surface area (Å²) in [6.45, 7) is 10.8. The number of rotatable bonds is 6. The summed E-state index contributed by atoms with van der Waals surface area (Å²) in [4.78, 5) is 0. The first kappa shape index (κ1) is 15.0. The molecule has 0 saturated heterocycles. The maximum Gasteiger partial charge on any atom is -0.00209 e. The lowest BCUT2D eigenvalue weighted by Crippen LogP contribution is -2.32. The Morgan fingerprint density at radius 1 is 1.12 bits per heavy atom. The van der Waals surface area contributed by atoms with Gasteiger partial charge in [-0.25, -0.2) is 0 Å². The average molecular weight is 239 g/mol. The average Bonchev–Trinajstić information content (AvgIpc) is 2.21. The van der Waals surface area contributed by atoms with E-state index < -0.39 is 0 Å². The van der Waals surface area contributed by atoms with Gasteiger partial charge in [0.15, 0.2) is 0 Å². The third kappa shape index (κ3) is 5.42. The van der Waals surface area contributed by atoms with E-state index in [1.54, 1.807) is 0 Å². The zero-order chi connectivity index (χ0) is 12.8. The van der Waals surface area contributed by atoms with Crippen LogP contribution in [0.5, 0.6) is 0 Å². The summed E-state index contributed by atoms with van der Waals surface area (Å²) in [6.07, 6.45) is 7.21. The zero-order valence-corrected chi connectivity index (χ0v) is 12.6. The quantitative estimate of drug-likeness (QED) is 0.727. The maximum atomic E-state index is 3.40. The minimum absolute atomic E-state index is 0.855. The molecule has 0 spiro atoms. The first-order chi connectivity index (χ1) is 8.02. The first-order valence-corrected chi connectivity index (χ1v) is 7.67. The Hall–Kier alpha value is -0.0400. The van der Waals surface area contributed by atoms with Gasteiger partial charge in [0, 0.05) is 0 Å². The highest BCUT2D eigenvalue weighted by molar-refractivity contribution is 4.81. The fraction of sp³-hybridized carbons (Fsp3) is 1.00. The molecule has 1 N–H and O–H groups in total. The summed E-state index contributed by atoms with van der Waals surface area (Å²) in [7, 11) is 2.10. The van der Waals surface area contributed by atoms with Crippen LogP contribution >= 0.6 is 0 Å². The van der Waals surface area contributed by atoms with Gasteiger partial charge in [0.2, 0.25) is 0 Å². The van der Waals surface area contributed by atoms with Crippen molar-refractivity contribution in [2.75, 3.05) is 13.6 Å². The van der Waals surface area contributed by atoms with E-state index >= 15 is 0 Å². The van der Waals surface area contributed by atoms with Crippen LogP contribution < -0.4 is 5.32 Å². The predicted molar refractivity (Wildman–Crippen MR) is 77.2 cm³/mol. The van der Waals surface area contributed by atoms with Crippen LogP contribution in [0.4, 0.5) is 0 Å². The van der Waals surface area contributed by atoms with Gasteiger partial charge in [-0.05, 0) is 68.9 Å². The van der Waals surface area contributed by atoms with Crippen LogP contribution in [-0.2, 0) is 0 Å². The van der Waals surface area contributed by atoms with Crippen molar-refractivity contribution in [2.45, 2.75) is 59.8 Å². The van der Waals surface area contributed by atoms with Gasteiger partial charge in [-0.1, -0.05) is 34.1 Å². The lowest BCUT2D eigenvalue weighted by atomic mass is 9.70. The molecule has 17 heavy (non-hydrogen) atoms. The Morgan fingerprint density at radius 2 is 1.82 bits per heavy atom. The molecule has 0 heterocycles. The molecule has 1 heteroatoms. The van der Waals surface area contributed by atoms with Gasteiger partial charge < -0.3 is 5.32 Å². The molecule has 1 aliphatic rings. The standard InChI is InChI=1S/C16H33N/c1-12(2)8-14(4)10-16-9-13(3)6-7-15(16)11-17-5/h12-17H,6-11H2,1-5H3. The highest BCUT2D eigenvalue weighted by Crippen LogP contribution is 2.38. The second-order valence-corrected chi connectivity index (χ2v) is 6.97. The van der Waals surface area contributed by atoms with Crippen molar-refractivity contribution >= 4 is 0 Å². The molecule has 0 aromatic rings. The van der Waals surface area contributed by atoms with E-state index in [9.17, 15) is 0 Å². The summed E-state index contributed by atoms with van der Waals surface area (Å²) in [5.74, 6) is 4.63. The molecule has 4 unspecified atom stereocenters. The van der Waals surface area contributed by atoms with Crippen molar-refractivity contribution in [3.63, 3.8) is 0 Å². The van der Waals surface area contributed by atoms with Crippen molar-refractivity contribution in [3.05, 3.63) is 0 Å². The number of hydrogen-bond acceptors (Lipinski definition) is 1. The second kappa shape index (κ2) is 7.41. The van der Waals surface area contributed by atoms with E-state index in [2.05, 4.69) is 40.1 Å². The van der Waals surface area contributed by atoms with Crippen molar-refractivity contribution in [1.29, 1.82) is 0 Å². The summed E-state index contributed by atoms with van der Waals surface area (Å²) < 4.78 is 0. The van der Waals surface area contributed by atoms with Crippen LogP contribution in [0.2, 0.25) is 0 Å². The fourth-order valence-corrected chi connectivity index (χ4v) is 3.80. The Kier molecular flexibility index (Phi) is 6.54. The van der Waals surface area contributed by atoms with Gasteiger partial charge in [0.1, 0.15) is 0 Å². The van der Waals surface area contributed by atoms with E-state index in [0.29, 0.717) is 0 Å². The van der Waals surface area contributed by atoms with E-state index in [1.165, 1.54) is 38.6 Å². The van der Waals surface area contributed by atoms with Crippen LogP contribution in [0.3, 0.4) is 0 Å². The Bertz CT molecular complexity index is 200. The molecule has 1 rings (SSSR count). The Labute approximate surface area is 109 Å². The van der Waals surface area contributed by atoms with Crippen LogP contribution in [-0.4, -0.2) is 13.6 Å². The Balaban J connectivity index is 2.45. The molecule has 1 fully saturated rings. The summed E-state index contributed by atoms with van der Waals surface area (Å²) >= 11 is 0. The SMILES string of the molecule is CNCC1CCC(C)CC1CC(C)CC(C)C. The van der Waals surface area contributed by atoms with Crippen LogP contribution in [0, 0.1) is 29.6 Å². The van der Waals surface area contributed by atoms with E-state index in [-0.39, 0.29) is 0 Å². The number of nitrogens with one attached hydrogen (secondary N) is 1. The molecule has 0 aromatic heterocycles. The molecule has 0 amide bonds. The summed E-state index contributed by atoms with van der Waals surface area (Å²) in [5.41, 5.74) is 0. The molecular weight excluding hydrogens is 206 g/mol. The maximum absolute atomic E-state index is 3.40. The lowest BCUT2D eigenvalue weighted by Gasteiger charge is -2.36. The van der Waals surface area contributed by atoms with Gasteiger partial charge >= 0.3 is 0 Å². The van der Waals surface area contributed by atoms with Gasteiger partial charge in [-0.2, -0.15) is 0 Å². The largest absolute Gasteiger partial charge is 0.319 e. The monoisotopic (exact) mass is 239 g/mol. The highest BCUT2D eigenvalue weighted by atomic mass is 14.8. The van der Waals surface area contributed by atoms with E-state index in [4.69, 9.17) is 0 Å². The molecule has 102 valence electrons. The van der Waals surface area contributed by atoms with Gasteiger partial charge in [-0.3, -0.25) is 0 Å². The normalized spacial score (nSPS) is 31.8. The molecule has 4 atom stereocenters. The van der Waals surface area contributed by atoms with Crippen molar-refractivity contribution in [3.8, 4) is 0 Å². The minimum Gasteiger partial charge on any atom is -0.319 e. The first-order valence-electron chi connectivity index (χ1n) is 7.67. The van der Waals surface area contributed by atoms with Crippen LogP contribution in [0.25, 0.3) is 0 Å². The van der Waals surface area contributed by atoms with Gasteiger partial charge in [-0.15, -0.1) is 0 Å². The second-order valence-electron chi connectivity index (χ2n) is 6.97. The van der Waals surface area contributed by atoms with E-state index in [0.717, 1.165) is 29.6 Å². The highest BCUT2D eigenvalue weighted by Gasteiger charge is 2.29. The summed E-state index contributed by atoms with van der Waals surface area (Å²) in [5, 5.41) is 3.40. The number of hydrogen-bond donors (Lipinski definition) is 1. The van der Waals surface area contributed by atoms with Gasteiger partial charge in [0.05, 0.1) is 0 Å². The third-order valence-corrected chi connectivity index (χ3v) is 4.45. The zero-order valence-electron chi connectivity index (χ0n) is 12.6. The van der Waals surface area contributed by atoms with E-state index in [1.807, 2.05) is 0 Å².